The first-order valence-electron chi connectivity index (χ1n) is 9.53. The van der Waals surface area contributed by atoms with E-state index in [2.05, 4.69) is 71.1 Å². The number of benzene rings is 2. The van der Waals surface area contributed by atoms with Crippen LogP contribution in [0.4, 0.5) is 0 Å². The average Bonchev–Trinajstić information content (AvgIpc) is 3.02. The van der Waals surface area contributed by atoms with Gasteiger partial charge in [-0.1, -0.05) is 60.2 Å². The number of guanidine groups is 1. The molecule has 1 atom stereocenters. The number of aromatic nitrogens is 3. The quantitative estimate of drug-likeness (QED) is 0.511. The molecule has 0 saturated heterocycles. The first kappa shape index (κ1) is 19.6. The Morgan fingerprint density at radius 2 is 1.86 bits per heavy atom. The lowest BCUT2D eigenvalue weighted by Crippen LogP contribution is -2.39. The second-order valence-electron chi connectivity index (χ2n) is 7.01. The number of nitrogens with one attached hydrogen (secondary N) is 2. The number of hydrogen-bond donors (Lipinski definition) is 2. The Hall–Kier alpha value is -3.15. The Balaban J connectivity index is 1.74. The van der Waals surface area contributed by atoms with Gasteiger partial charge in [0.1, 0.15) is 5.82 Å². The zero-order chi connectivity index (χ0) is 19.9. The molecule has 28 heavy (non-hydrogen) atoms. The van der Waals surface area contributed by atoms with Crippen LogP contribution < -0.4 is 10.6 Å². The molecule has 146 valence electrons. The van der Waals surface area contributed by atoms with E-state index < -0.39 is 0 Å². The van der Waals surface area contributed by atoms with E-state index in [1.54, 1.807) is 0 Å². The summed E-state index contributed by atoms with van der Waals surface area (Å²) in [5, 5.41) is 15.2. The normalized spacial score (nSPS) is 12.6. The minimum absolute atomic E-state index is 0.131. The monoisotopic (exact) mass is 376 g/mol. The van der Waals surface area contributed by atoms with Crippen LogP contribution in [-0.2, 0) is 20.1 Å². The molecule has 3 aromatic rings. The van der Waals surface area contributed by atoms with Crippen LogP contribution in [-0.4, -0.2) is 20.7 Å². The first-order chi connectivity index (χ1) is 13.5. The third kappa shape index (κ3) is 5.19. The molecule has 0 spiro atoms. The molecule has 2 aromatic carbocycles. The summed E-state index contributed by atoms with van der Waals surface area (Å²) in [7, 11) is 1.97. The van der Waals surface area contributed by atoms with E-state index in [9.17, 15) is 0 Å². The molecule has 0 saturated carbocycles. The summed E-state index contributed by atoms with van der Waals surface area (Å²) in [4.78, 5) is 4.79. The van der Waals surface area contributed by atoms with E-state index in [1.165, 1.54) is 16.7 Å². The highest BCUT2D eigenvalue weighted by atomic mass is 15.3. The van der Waals surface area contributed by atoms with E-state index in [4.69, 9.17) is 4.99 Å². The second-order valence-corrected chi connectivity index (χ2v) is 7.01. The van der Waals surface area contributed by atoms with Crippen LogP contribution in [0.2, 0.25) is 0 Å². The zero-order valence-corrected chi connectivity index (χ0v) is 17.0. The maximum atomic E-state index is 4.79. The smallest absolute Gasteiger partial charge is 0.192 e. The standard InChI is InChI=1S/C22H28N6/c1-16-9-8-10-19(13-16)14-23-22(24-15-21-27-26-18(3)28(21)4)25-17(2)20-11-6-5-7-12-20/h5-13,17H,14-15H2,1-4H3,(H2,23,24,25). The number of hydrogen-bond acceptors (Lipinski definition) is 3. The van der Waals surface area contributed by atoms with E-state index >= 15 is 0 Å². The van der Waals surface area contributed by atoms with Gasteiger partial charge in [0.25, 0.3) is 0 Å². The molecule has 0 aliphatic rings. The number of rotatable bonds is 6. The molecule has 3 rings (SSSR count). The summed E-state index contributed by atoms with van der Waals surface area (Å²) in [5.74, 6) is 2.51. The summed E-state index contributed by atoms with van der Waals surface area (Å²) in [5.41, 5.74) is 3.63. The lowest BCUT2D eigenvalue weighted by molar-refractivity contribution is 0.664. The largest absolute Gasteiger partial charge is 0.350 e. The van der Waals surface area contributed by atoms with Crippen molar-refractivity contribution in [3.8, 4) is 0 Å². The molecular weight excluding hydrogens is 348 g/mol. The lowest BCUT2D eigenvalue weighted by atomic mass is 10.1. The third-order valence-electron chi connectivity index (χ3n) is 4.75. The van der Waals surface area contributed by atoms with Crippen LogP contribution in [0.25, 0.3) is 0 Å². The minimum atomic E-state index is 0.131. The van der Waals surface area contributed by atoms with E-state index in [0.29, 0.717) is 13.1 Å². The Bertz CT molecular complexity index is 929. The van der Waals surface area contributed by atoms with Crippen molar-refractivity contribution in [3.63, 3.8) is 0 Å². The molecule has 0 aliphatic heterocycles. The molecule has 1 unspecified atom stereocenters. The molecular formula is C22H28N6. The van der Waals surface area contributed by atoms with Crippen molar-refractivity contribution in [3.05, 3.63) is 82.9 Å². The molecule has 6 heteroatoms. The summed E-state index contributed by atoms with van der Waals surface area (Å²) < 4.78 is 1.98. The van der Waals surface area contributed by atoms with Crippen LogP contribution in [0, 0.1) is 13.8 Å². The van der Waals surface area contributed by atoms with Gasteiger partial charge in [0, 0.05) is 7.05 Å². The molecule has 0 amide bonds. The van der Waals surface area contributed by atoms with Gasteiger partial charge in [-0.15, -0.1) is 10.2 Å². The summed E-state index contributed by atoms with van der Waals surface area (Å²) in [6, 6.07) is 18.9. The molecule has 1 aromatic heterocycles. The maximum absolute atomic E-state index is 4.79. The fourth-order valence-corrected chi connectivity index (χ4v) is 2.93. The minimum Gasteiger partial charge on any atom is -0.350 e. The lowest BCUT2D eigenvalue weighted by Gasteiger charge is -2.18. The SMILES string of the molecule is Cc1cccc(CN=C(NCc2nnc(C)n2C)NC(C)c2ccccc2)c1. The van der Waals surface area contributed by atoms with E-state index in [0.717, 1.165) is 17.6 Å². The van der Waals surface area contributed by atoms with Gasteiger partial charge in [-0.05, 0) is 31.9 Å². The second kappa shape index (κ2) is 9.17. The molecule has 6 nitrogen and oxygen atoms in total. The molecule has 1 heterocycles. The summed E-state index contributed by atoms with van der Waals surface area (Å²) in [6.07, 6.45) is 0. The van der Waals surface area contributed by atoms with E-state index in [1.807, 2.05) is 36.7 Å². The van der Waals surface area contributed by atoms with Crippen molar-refractivity contribution in [1.29, 1.82) is 0 Å². The van der Waals surface area contributed by atoms with Crippen molar-refractivity contribution in [2.24, 2.45) is 12.0 Å². The number of aryl methyl sites for hydroxylation is 2. The van der Waals surface area contributed by atoms with Gasteiger partial charge in [0.05, 0.1) is 19.1 Å². The van der Waals surface area contributed by atoms with Crippen LogP contribution in [0.15, 0.2) is 59.6 Å². The van der Waals surface area contributed by atoms with Crippen LogP contribution in [0.3, 0.4) is 0 Å². The molecule has 2 N–H and O–H groups in total. The molecule has 0 radical (unpaired) electrons. The van der Waals surface area contributed by atoms with E-state index in [-0.39, 0.29) is 6.04 Å². The molecule has 0 aliphatic carbocycles. The Morgan fingerprint density at radius 3 is 2.54 bits per heavy atom. The fraction of sp³-hybridized carbons (Fsp3) is 0.318. The maximum Gasteiger partial charge on any atom is 0.192 e. The van der Waals surface area contributed by atoms with Gasteiger partial charge < -0.3 is 15.2 Å². The Kier molecular flexibility index (Phi) is 6.42. The average molecular weight is 377 g/mol. The Labute approximate surface area is 166 Å². The van der Waals surface area contributed by atoms with Crippen LogP contribution >= 0.6 is 0 Å². The van der Waals surface area contributed by atoms with Crippen molar-refractivity contribution < 1.29 is 0 Å². The van der Waals surface area contributed by atoms with Gasteiger partial charge in [-0.25, -0.2) is 4.99 Å². The fourth-order valence-electron chi connectivity index (χ4n) is 2.93. The number of nitrogens with zero attached hydrogens (tertiary/aromatic N) is 4. The molecule has 0 fully saturated rings. The zero-order valence-electron chi connectivity index (χ0n) is 17.0. The van der Waals surface area contributed by atoms with Gasteiger partial charge >= 0.3 is 0 Å². The summed E-state index contributed by atoms with van der Waals surface area (Å²) >= 11 is 0. The third-order valence-corrected chi connectivity index (χ3v) is 4.75. The van der Waals surface area contributed by atoms with Crippen molar-refractivity contribution in [2.45, 2.75) is 39.9 Å². The van der Waals surface area contributed by atoms with Gasteiger partial charge in [-0.3, -0.25) is 0 Å². The number of aliphatic imine (C=N–C) groups is 1. The van der Waals surface area contributed by atoms with Gasteiger partial charge in [0.2, 0.25) is 0 Å². The Morgan fingerprint density at radius 1 is 1.07 bits per heavy atom. The topological polar surface area (TPSA) is 67.1 Å². The predicted molar refractivity (Wildman–Crippen MR) is 113 cm³/mol. The van der Waals surface area contributed by atoms with Crippen molar-refractivity contribution >= 4 is 5.96 Å². The van der Waals surface area contributed by atoms with Gasteiger partial charge in [-0.2, -0.15) is 0 Å². The summed E-state index contributed by atoms with van der Waals surface area (Å²) in [6.45, 7) is 7.33. The highest BCUT2D eigenvalue weighted by molar-refractivity contribution is 5.80. The van der Waals surface area contributed by atoms with Crippen LogP contribution in [0.1, 0.15) is 41.3 Å². The van der Waals surface area contributed by atoms with Gasteiger partial charge in [0.15, 0.2) is 11.8 Å². The van der Waals surface area contributed by atoms with Crippen molar-refractivity contribution in [1.82, 2.24) is 25.4 Å². The molecule has 0 bridgehead atoms. The first-order valence-corrected chi connectivity index (χ1v) is 9.53. The van der Waals surface area contributed by atoms with Crippen molar-refractivity contribution in [2.75, 3.05) is 0 Å². The van der Waals surface area contributed by atoms with Crippen LogP contribution in [0.5, 0.6) is 0 Å². The highest BCUT2D eigenvalue weighted by Crippen LogP contribution is 2.11. The highest BCUT2D eigenvalue weighted by Gasteiger charge is 2.10. The predicted octanol–water partition coefficient (Wildman–Crippen LogP) is 3.43.